The lowest BCUT2D eigenvalue weighted by molar-refractivity contribution is 0.156. The number of amidine groups is 1. The Bertz CT molecular complexity index is 215. The van der Waals surface area contributed by atoms with Gasteiger partial charge in [0.15, 0.2) is 0 Å². The lowest BCUT2D eigenvalue weighted by Gasteiger charge is -2.35. The zero-order chi connectivity index (χ0) is 11.4. The fourth-order valence-corrected chi connectivity index (χ4v) is 2.48. The van der Waals surface area contributed by atoms with E-state index in [0.717, 1.165) is 12.5 Å². The molecular weight excluding hydrogens is 186 g/mol. The summed E-state index contributed by atoms with van der Waals surface area (Å²) in [4.78, 5) is 2.39. The zero-order valence-electron chi connectivity index (χ0n) is 10.3. The molecule has 3 heteroatoms. The van der Waals surface area contributed by atoms with Gasteiger partial charge in [-0.1, -0.05) is 26.7 Å². The average Bonchev–Trinajstić information content (AvgIpc) is 2.17. The highest BCUT2D eigenvalue weighted by molar-refractivity contribution is 5.79. The average molecular weight is 211 g/mol. The first-order valence-electron chi connectivity index (χ1n) is 6.04. The van der Waals surface area contributed by atoms with Crippen LogP contribution in [0.2, 0.25) is 0 Å². The van der Waals surface area contributed by atoms with E-state index in [-0.39, 0.29) is 5.92 Å². The van der Waals surface area contributed by atoms with Crippen LogP contribution in [0.25, 0.3) is 0 Å². The smallest absolute Gasteiger partial charge is 0.0947 e. The van der Waals surface area contributed by atoms with Crippen LogP contribution in [-0.2, 0) is 0 Å². The monoisotopic (exact) mass is 211 g/mol. The Hall–Kier alpha value is -0.570. The quantitative estimate of drug-likeness (QED) is 0.552. The highest BCUT2D eigenvalue weighted by Crippen LogP contribution is 2.26. The van der Waals surface area contributed by atoms with E-state index in [9.17, 15) is 0 Å². The Kier molecular flexibility index (Phi) is 4.58. The lowest BCUT2D eigenvalue weighted by atomic mass is 9.86. The van der Waals surface area contributed by atoms with E-state index >= 15 is 0 Å². The maximum atomic E-state index is 7.40. The maximum Gasteiger partial charge on any atom is 0.0947 e. The molecule has 88 valence electrons. The fraction of sp³-hybridized carbons (Fsp3) is 0.917. The molecule has 0 aromatic rings. The molecule has 15 heavy (non-hydrogen) atoms. The minimum Gasteiger partial charge on any atom is -0.387 e. The molecular formula is C12H25N3. The second-order valence-electron chi connectivity index (χ2n) is 5.22. The van der Waals surface area contributed by atoms with Crippen molar-refractivity contribution in [3.63, 3.8) is 0 Å². The summed E-state index contributed by atoms with van der Waals surface area (Å²) in [5, 5.41) is 7.40. The van der Waals surface area contributed by atoms with Gasteiger partial charge in [-0.2, -0.15) is 0 Å². The van der Waals surface area contributed by atoms with Crippen LogP contribution in [0.1, 0.15) is 39.5 Å². The van der Waals surface area contributed by atoms with Crippen LogP contribution in [-0.4, -0.2) is 30.4 Å². The second-order valence-corrected chi connectivity index (χ2v) is 5.22. The summed E-state index contributed by atoms with van der Waals surface area (Å²) in [5.41, 5.74) is 5.50. The number of hydrogen-bond donors (Lipinski definition) is 2. The van der Waals surface area contributed by atoms with E-state index < -0.39 is 0 Å². The van der Waals surface area contributed by atoms with Crippen LogP contribution in [0.3, 0.4) is 0 Å². The van der Waals surface area contributed by atoms with E-state index in [1.54, 1.807) is 0 Å². The number of nitrogens with zero attached hydrogens (tertiary/aromatic N) is 1. The fourth-order valence-electron chi connectivity index (χ4n) is 2.48. The lowest BCUT2D eigenvalue weighted by Crippen LogP contribution is -2.40. The molecule has 0 aliphatic heterocycles. The third-order valence-electron chi connectivity index (χ3n) is 3.62. The maximum absolute atomic E-state index is 7.40. The van der Waals surface area contributed by atoms with Gasteiger partial charge in [-0.15, -0.1) is 0 Å². The minimum absolute atomic E-state index is 0.187. The van der Waals surface area contributed by atoms with Gasteiger partial charge in [0.05, 0.1) is 5.84 Å². The molecule has 0 bridgehead atoms. The molecule has 0 saturated heterocycles. The van der Waals surface area contributed by atoms with Crippen LogP contribution in [0.4, 0.5) is 0 Å². The normalized spacial score (nSPS) is 29.1. The van der Waals surface area contributed by atoms with Gasteiger partial charge in [0.2, 0.25) is 0 Å². The standard InChI is InChI=1S/C12H25N3/c1-9-5-4-6-11(7-9)15(3)8-10(2)12(13)14/h9-11H,4-8H2,1-3H3,(H3,13,14). The van der Waals surface area contributed by atoms with Gasteiger partial charge in [0, 0.05) is 18.5 Å². The van der Waals surface area contributed by atoms with Gasteiger partial charge in [0.1, 0.15) is 0 Å². The summed E-state index contributed by atoms with van der Waals surface area (Å²) in [5.74, 6) is 1.36. The molecule has 1 saturated carbocycles. The molecule has 0 amide bonds. The molecule has 3 unspecified atom stereocenters. The number of rotatable bonds is 4. The second kappa shape index (κ2) is 5.50. The van der Waals surface area contributed by atoms with Crippen molar-refractivity contribution >= 4 is 5.84 Å². The van der Waals surface area contributed by atoms with Crippen molar-refractivity contribution < 1.29 is 0 Å². The Morgan fingerprint density at radius 2 is 2.20 bits per heavy atom. The first-order chi connectivity index (χ1) is 7.00. The zero-order valence-corrected chi connectivity index (χ0v) is 10.3. The molecule has 3 N–H and O–H groups in total. The van der Waals surface area contributed by atoms with E-state index in [2.05, 4.69) is 18.9 Å². The Labute approximate surface area is 93.5 Å². The third kappa shape index (κ3) is 3.82. The highest BCUT2D eigenvalue weighted by atomic mass is 15.1. The molecule has 3 atom stereocenters. The van der Waals surface area contributed by atoms with E-state index in [4.69, 9.17) is 11.1 Å². The molecule has 0 heterocycles. The SMILES string of the molecule is CC1CCCC(N(C)CC(C)C(=N)N)C1. The Morgan fingerprint density at radius 3 is 2.73 bits per heavy atom. The van der Waals surface area contributed by atoms with Crippen LogP contribution >= 0.6 is 0 Å². The van der Waals surface area contributed by atoms with Gasteiger partial charge >= 0.3 is 0 Å². The minimum atomic E-state index is 0.187. The molecule has 1 aliphatic carbocycles. The van der Waals surface area contributed by atoms with Crippen LogP contribution in [0, 0.1) is 17.2 Å². The van der Waals surface area contributed by atoms with Crippen molar-refractivity contribution in [2.24, 2.45) is 17.6 Å². The van der Waals surface area contributed by atoms with Crippen molar-refractivity contribution in [3.8, 4) is 0 Å². The Morgan fingerprint density at radius 1 is 1.53 bits per heavy atom. The summed E-state index contributed by atoms with van der Waals surface area (Å²) in [6.45, 7) is 5.30. The summed E-state index contributed by atoms with van der Waals surface area (Å²) in [7, 11) is 2.17. The first kappa shape index (κ1) is 12.5. The number of hydrogen-bond acceptors (Lipinski definition) is 2. The molecule has 1 rings (SSSR count). The van der Waals surface area contributed by atoms with Crippen molar-refractivity contribution in [3.05, 3.63) is 0 Å². The molecule has 1 aliphatic rings. The summed E-state index contributed by atoms with van der Waals surface area (Å²) in [6.07, 6.45) is 5.35. The molecule has 0 aromatic carbocycles. The highest BCUT2D eigenvalue weighted by Gasteiger charge is 2.23. The Balaban J connectivity index is 2.38. The number of nitrogens with one attached hydrogen (secondary N) is 1. The molecule has 3 nitrogen and oxygen atoms in total. The van der Waals surface area contributed by atoms with Crippen LogP contribution < -0.4 is 5.73 Å². The van der Waals surface area contributed by atoms with Crippen molar-refractivity contribution in [2.75, 3.05) is 13.6 Å². The van der Waals surface area contributed by atoms with Crippen molar-refractivity contribution in [2.45, 2.75) is 45.6 Å². The topological polar surface area (TPSA) is 53.1 Å². The van der Waals surface area contributed by atoms with Crippen LogP contribution in [0.5, 0.6) is 0 Å². The van der Waals surface area contributed by atoms with Gasteiger partial charge in [-0.3, -0.25) is 5.41 Å². The van der Waals surface area contributed by atoms with E-state index in [1.165, 1.54) is 25.7 Å². The van der Waals surface area contributed by atoms with E-state index in [1.807, 2.05) is 6.92 Å². The predicted molar refractivity (Wildman–Crippen MR) is 65.1 cm³/mol. The molecule has 0 aromatic heterocycles. The molecule has 1 fully saturated rings. The van der Waals surface area contributed by atoms with Crippen molar-refractivity contribution in [1.29, 1.82) is 5.41 Å². The summed E-state index contributed by atoms with van der Waals surface area (Å²) >= 11 is 0. The first-order valence-corrected chi connectivity index (χ1v) is 6.04. The summed E-state index contributed by atoms with van der Waals surface area (Å²) in [6, 6.07) is 0.704. The van der Waals surface area contributed by atoms with Crippen molar-refractivity contribution in [1.82, 2.24) is 4.90 Å². The van der Waals surface area contributed by atoms with Gasteiger partial charge in [0.25, 0.3) is 0 Å². The predicted octanol–water partition coefficient (Wildman–Crippen LogP) is 2.07. The largest absolute Gasteiger partial charge is 0.387 e. The van der Waals surface area contributed by atoms with E-state index in [0.29, 0.717) is 11.9 Å². The number of nitrogens with two attached hydrogens (primary N) is 1. The van der Waals surface area contributed by atoms with Gasteiger partial charge < -0.3 is 10.6 Å². The molecule has 0 spiro atoms. The van der Waals surface area contributed by atoms with Gasteiger partial charge in [-0.05, 0) is 25.8 Å². The van der Waals surface area contributed by atoms with Gasteiger partial charge in [-0.25, -0.2) is 0 Å². The molecule has 0 radical (unpaired) electrons. The third-order valence-corrected chi connectivity index (χ3v) is 3.62. The summed E-state index contributed by atoms with van der Waals surface area (Å²) < 4.78 is 0. The van der Waals surface area contributed by atoms with Crippen LogP contribution in [0.15, 0.2) is 0 Å².